The Morgan fingerprint density at radius 3 is 2.61 bits per heavy atom. The summed E-state index contributed by atoms with van der Waals surface area (Å²) in [5, 5.41) is 0.510. The van der Waals surface area contributed by atoms with E-state index in [4.69, 9.17) is 16.3 Å². The van der Waals surface area contributed by atoms with Crippen LogP contribution in [0.4, 0.5) is 5.69 Å². The maximum atomic E-state index is 12.8. The second-order valence-corrected chi connectivity index (χ2v) is 7.56. The molecule has 0 saturated carbocycles. The highest BCUT2D eigenvalue weighted by Crippen LogP contribution is 2.35. The molecule has 144 valence electrons. The number of halogens is 1. The van der Waals surface area contributed by atoms with E-state index in [1.807, 2.05) is 13.0 Å². The predicted molar refractivity (Wildman–Crippen MR) is 112 cm³/mol. The zero-order valence-electron chi connectivity index (χ0n) is 15.5. The van der Waals surface area contributed by atoms with E-state index < -0.39 is 0 Å². The third-order valence-corrected chi connectivity index (χ3v) is 5.51. The maximum Gasteiger partial charge on any atom is 0.338 e. The number of hydrogen-bond acceptors (Lipinski definition) is 5. The van der Waals surface area contributed by atoms with Crippen molar-refractivity contribution in [1.29, 1.82) is 0 Å². The fourth-order valence-electron chi connectivity index (χ4n) is 2.57. The number of anilines is 1. The highest BCUT2D eigenvalue weighted by Gasteiger charge is 2.18. The van der Waals surface area contributed by atoms with Gasteiger partial charge in [0.25, 0.3) is 5.91 Å². The number of pyridine rings is 1. The van der Waals surface area contributed by atoms with Crippen molar-refractivity contribution < 1.29 is 14.3 Å². The standard InChI is InChI=1S/C21H19ClN2O3S/c1-3-12-27-21(26)14-4-5-17(22)16(13-14)18-6-7-19(28-18)20(25)24(2)15-8-10-23-11-9-15/h4-11,13H,3,12H2,1-2H3. The van der Waals surface area contributed by atoms with Gasteiger partial charge < -0.3 is 9.64 Å². The first kappa shape index (κ1) is 20.0. The molecule has 2 aromatic heterocycles. The molecule has 0 atom stereocenters. The van der Waals surface area contributed by atoms with Crippen molar-refractivity contribution in [2.45, 2.75) is 13.3 Å². The van der Waals surface area contributed by atoms with Crippen molar-refractivity contribution >= 4 is 40.5 Å². The molecule has 28 heavy (non-hydrogen) atoms. The molecule has 5 nitrogen and oxygen atoms in total. The highest BCUT2D eigenvalue weighted by atomic mass is 35.5. The Kier molecular flexibility index (Phi) is 6.44. The highest BCUT2D eigenvalue weighted by molar-refractivity contribution is 7.17. The van der Waals surface area contributed by atoms with Gasteiger partial charge in [0.15, 0.2) is 0 Å². The zero-order valence-corrected chi connectivity index (χ0v) is 17.1. The number of nitrogens with zero attached hydrogens (tertiary/aromatic N) is 2. The van der Waals surface area contributed by atoms with Crippen molar-refractivity contribution in [3.05, 3.63) is 70.3 Å². The van der Waals surface area contributed by atoms with Crippen molar-refractivity contribution in [3.63, 3.8) is 0 Å². The van der Waals surface area contributed by atoms with Gasteiger partial charge in [-0.25, -0.2) is 4.79 Å². The van der Waals surface area contributed by atoms with Crippen LogP contribution in [0.2, 0.25) is 5.02 Å². The summed E-state index contributed by atoms with van der Waals surface area (Å²) >= 11 is 7.67. The zero-order chi connectivity index (χ0) is 20.1. The minimum Gasteiger partial charge on any atom is -0.462 e. The van der Waals surface area contributed by atoms with Gasteiger partial charge in [-0.2, -0.15) is 0 Å². The van der Waals surface area contributed by atoms with Crippen molar-refractivity contribution in [1.82, 2.24) is 4.98 Å². The van der Waals surface area contributed by atoms with E-state index in [1.165, 1.54) is 11.3 Å². The minimum atomic E-state index is -0.384. The predicted octanol–water partition coefficient (Wildman–Crippen LogP) is 5.31. The number of carbonyl (C=O) groups excluding carboxylic acids is 2. The lowest BCUT2D eigenvalue weighted by atomic mass is 10.1. The number of amides is 1. The number of ether oxygens (including phenoxy) is 1. The molecule has 0 N–H and O–H groups in total. The van der Waals surface area contributed by atoms with Gasteiger partial charge in [-0.05, 0) is 48.9 Å². The van der Waals surface area contributed by atoms with Crippen LogP contribution in [0.5, 0.6) is 0 Å². The first-order chi connectivity index (χ1) is 13.5. The van der Waals surface area contributed by atoms with Crippen LogP contribution in [0.25, 0.3) is 10.4 Å². The Morgan fingerprint density at radius 2 is 1.89 bits per heavy atom. The van der Waals surface area contributed by atoms with Crippen LogP contribution in [0.1, 0.15) is 33.4 Å². The Hall–Kier alpha value is -2.70. The van der Waals surface area contributed by atoms with Crippen molar-refractivity contribution in [2.75, 3.05) is 18.6 Å². The maximum absolute atomic E-state index is 12.8. The van der Waals surface area contributed by atoms with Gasteiger partial charge in [0.1, 0.15) is 0 Å². The smallest absolute Gasteiger partial charge is 0.338 e. The van der Waals surface area contributed by atoms with E-state index in [-0.39, 0.29) is 11.9 Å². The van der Waals surface area contributed by atoms with Crippen LogP contribution in [0, 0.1) is 0 Å². The molecule has 2 heterocycles. The fourth-order valence-corrected chi connectivity index (χ4v) is 3.85. The average Bonchev–Trinajstić information content (AvgIpc) is 3.21. The van der Waals surface area contributed by atoms with Gasteiger partial charge in [0, 0.05) is 40.6 Å². The molecule has 0 aliphatic carbocycles. The second kappa shape index (κ2) is 8.99. The Balaban J connectivity index is 1.85. The summed E-state index contributed by atoms with van der Waals surface area (Å²) < 4.78 is 5.19. The molecule has 7 heteroatoms. The molecular weight excluding hydrogens is 396 g/mol. The molecular formula is C21H19ClN2O3S. The summed E-state index contributed by atoms with van der Waals surface area (Å²) in [6.45, 7) is 2.31. The summed E-state index contributed by atoms with van der Waals surface area (Å²) in [5.74, 6) is -0.512. The van der Waals surface area contributed by atoms with Crippen LogP contribution >= 0.6 is 22.9 Å². The molecule has 0 spiro atoms. The van der Waals surface area contributed by atoms with Gasteiger partial charge in [0.05, 0.1) is 17.0 Å². The number of esters is 1. The molecule has 3 aromatic rings. The lowest BCUT2D eigenvalue weighted by molar-refractivity contribution is 0.0505. The van der Waals surface area contributed by atoms with Crippen LogP contribution in [0.3, 0.4) is 0 Å². The average molecular weight is 415 g/mol. The van der Waals surface area contributed by atoms with E-state index in [0.717, 1.165) is 17.0 Å². The van der Waals surface area contributed by atoms with Gasteiger partial charge in [0.2, 0.25) is 0 Å². The fraction of sp³-hybridized carbons (Fsp3) is 0.190. The van der Waals surface area contributed by atoms with Gasteiger partial charge >= 0.3 is 5.97 Å². The quantitative estimate of drug-likeness (QED) is 0.513. The number of thiophene rings is 1. The summed E-state index contributed by atoms with van der Waals surface area (Å²) in [7, 11) is 1.72. The van der Waals surface area contributed by atoms with Gasteiger partial charge in [-0.15, -0.1) is 11.3 Å². The largest absolute Gasteiger partial charge is 0.462 e. The molecule has 0 bridgehead atoms. The number of rotatable bonds is 6. The molecule has 0 saturated heterocycles. The van der Waals surface area contributed by atoms with Crippen molar-refractivity contribution in [2.24, 2.45) is 0 Å². The van der Waals surface area contributed by atoms with Gasteiger partial charge in [-0.3, -0.25) is 9.78 Å². The Labute approximate surface area is 172 Å². The van der Waals surface area contributed by atoms with Crippen LogP contribution in [-0.2, 0) is 4.74 Å². The van der Waals surface area contributed by atoms with Gasteiger partial charge in [-0.1, -0.05) is 18.5 Å². The SMILES string of the molecule is CCCOC(=O)c1ccc(Cl)c(-c2ccc(C(=O)N(C)c3ccncc3)s2)c1. The molecule has 0 fully saturated rings. The number of hydrogen-bond donors (Lipinski definition) is 0. The van der Waals surface area contributed by atoms with Crippen LogP contribution in [-0.4, -0.2) is 30.5 Å². The monoisotopic (exact) mass is 414 g/mol. The lowest BCUT2D eigenvalue weighted by Crippen LogP contribution is -2.25. The van der Waals surface area contributed by atoms with Crippen molar-refractivity contribution in [3.8, 4) is 10.4 Å². The van der Waals surface area contributed by atoms with Crippen LogP contribution < -0.4 is 4.90 Å². The third kappa shape index (κ3) is 4.40. The van der Waals surface area contributed by atoms with E-state index in [0.29, 0.717) is 27.6 Å². The number of benzene rings is 1. The third-order valence-electron chi connectivity index (χ3n) is 4.08. The van der Waals surface area contributed by atoms with E-state index in [2.05, 4.69) is 4.98 Å². The molecule has 3 rings (SSSR count). The van der Waals surface area contributed by atoms with E-state index in [9.17, 15) is 9.59 Å². The molecule has 1 amide bonds. The molecule has 1 aromatic carbocycles. The minimum absolute atomic E-state index is 0.128. The summed E-state index contributed by atoms with van der Waals surface area (Å²) in [4.78, 5) is 31.8. The van der Waals surface area contributed by atoms with Crippen LogP contribution in [0.15, 0.2) is 54.9 Å². The molecule has 0 aliphatic heterocycles. The number of carbonyl (C=O) groups is 2. The molecule has 0 radical (unpaired) electrons. The Bertz CT molecular complexity index is 988. The molecule has 0 unspecified atom stereocenters. The summed E-state index contributed by atoms with van der Waals surface area (Å²) in [6.07, 6.45) is 4.04. The van der Waals surface area contributed by atoms with E-state index >= 15 is 0 Å². The topological polar surface area (TPSA) is 59.5 Å². The normalized spacial score (nSPS) is 10.5. The van der Waals surface area contributed by atoms with E-state index in [1.54, 1.807) is 60.7 Å². The first-order valence-corrected chi connectivity index (χ1v) is 9.95. The summed E-state index contributed by atoms with van der Waals surface area (Å²) in [6, 6.07) is 12.2. The first-order valence-electron chi connectivity index (χ1n) is 8.76. The summed E-state index contributed by atoms with van der Waals surface area (Å²) in [5.41, 5.74) is 1.89. The number of aromatic nitrogens is 1. The lowest BCUT2D eigenvalue weighted by Gasteiger charge is -2.15. The second-order valence-electron chi connectivity index (χ2n) is 6.06. The Morgan fingerprint density at radius 1 is 1.14 bits per heavy atom. The molecule has 0 aliphatic rings.